The predicted molar refractivity (Wildman–Crippen MR) is 81.6 cm³/mol. The number of halogens is 2. The molecule has 0 aliphatic heterocycles. The summed E-state index contributed by atoms with van der Waals surface area (Å²) in [7, 11) is 0. The molecule has 2 rings (SSSR count). The minimum Gasteiger partial charge on any atom is -0.354 e. The number of nitrogens with one attached hydrogen (secondary N) is 2. The van der Waals surface area contributed by atoms with Crippen LogP contribution in [0.3, 0.4) is 0 Å². The molecule has 110 valence electrons. The molecule has 1 amide bonds. The van der Waals surface area contributed by atoms with Crippen LogP contribution in [0, 0.1) is 5.82 Å². The molecule has 0 atom stereocenters. The molecule has 2 aromatic rings. The largest absolute Gasteiger partial charge is 0.354 e. The number of rotatable bonds is 5. The van der Waals surface area contributed by atoms with E-state index in [1.807, 2.05) is 6.92 Å². The second-order valence-corrected chi connectivity index (χ2v) is 4.85. The molecule has 1 aromatic heterocycles. The number of benzene rings is 1. The van der Waals surface area contributed by atoms with Crippen molar-refractivity contribution in [3.05, 3.63) is 53.1 Å². The molecule has 6 heteroatoms. The van der Waals surface area contributed by atoms with Gasteiger partial charge in [0, 0.05) is 12.2 Å². The van der Waals surface area contributed by atoms with Crippen molar-refractivity contribution >= 4 is 28.9 Å². The maximum absolute atomic E-state index is 13.1. The number of hydrogen-bond acceptors (Lipinski definition) is 3. The van der Waals surface area contributed by atoms with E-state index < -0.39 is 5.82 Å². The second kappa shape index (κ2) is 7.04. The molecule has 0 saturated carbocycles. The lowest BCUT2D eigenvalue weighted by Gasteiger charge is -2.08. The number of aromatic nitrogens is 1. The lowest BCUT2D eigenvalue weighted by Crippen LogP contribution is -2.24. The number of carbonyl (C=O) groups excluding carboxylic acids is 1. The van der Waals surface area contributed by atoms with Crippen LogP contribution in [-0.2, 0) is 0 Å². The smallest absolute Gasteiger partial charge is 0.269 e. The Morgan fingerprint density at radius 2 is 2.05 bits per heavy atom. The summed E-state index contributed by atoms with van der Waals surface area (Å²) in [5, 5.41) is 5.83. The van der Waals surface area contributed by atoms with E-state index in [-0.39, 0.29) is 10.9 Å². The highest BCUT2D eigenvalue weighted by molar-refractivity contribution is 6.31. The van der Waals surface area contributed by atoms with Crippen molar-refractivity contribution < 1.29 is 9.18 Å². The molecule has 0 spiro atoms. The average molecular weight is 308 g/mol. The van der Waals surface area contributed by atoms with E-state index >= 15 is 0 Å². The highest BCUT2D eigenvalue weighted by atomic mass is 35.5. The number of nitrogens with zero attached hydrogens (tertiary/aromatic N) is 1. The lowest BCUT2D eigenvalue weighted by molar-refractivity contribution is 0.0949. The Morgan fingerprint density at radius 1 is 1.29 bits per heavy atom. The zero-order valence-electron chi connectivity index (χ0n) is 11.5. The van der Waals surface area contributed by atoms with Crippen LogP contribution < -0.4 is 10.6 Å². The average Bonchev–Trinajstić information content (AvgIpc) is 2.49. The Kier molecular flexibility index (Phi) is 5.11. The fourth-order valence-electron chi connectivity index (χ4n) is 1.67. The molecule has 4 nitrogen and oxygen atoms in total. The van der Waals surface area contributed by atoms with Gasteiger partial charge in [-0.25, -0.2) is 9.37 Å². The first kappa shape index (κ1) is 15.3. The highest BCUT2D eigenvalue weighted by Crippen LogP contribution is 2.22. The molecule has 21 heavy (non-hydrogen) atoms. The summed E-state index contributed by atoms with van der Waals surface area (Å²) in [5.41, 5.74) is 1.68. The Labute approximate surface area is 127 Å². The summed E-state index contributed by atoms with van der Waals surface area (Å²) >= 11 is 5.71. The van der Waals surface area contributed by atoms with Crippen molar-refractivity contribution in [1.82, 2.24) is 10.3 Å². The second-order valence-electron chi connectivity index (χ2n) is 4.44. The summed E-state index contributed by atoms with van der Waals surface area (Å²) in [6.45, 7) is 2.60. The normalized spacial score (nSPS) is 10.2. The van der Waals surface area contributed by atoms with Gasteiger partial charge in [-0.3, -0.25) is 4.79 Å². The van der Waals surface area contributed by atoms with Gasteiger partial charge in [0.05, 0.1) is 16.9 Å². The number of amides is 1. The summed E-state index contributed by atoms with van der Waals surface area (Å²) in [6, 6.07) is 7.69. The summed E-state index contributed by atoms with van der Waals surface area (Å²) in [6.07, 6.45) is 2.41. The van der Waals surface area contributed by atoms with Crippen LogP contribution in [0.2, 0.25) is 5.02 Å². The fraction of sp³-hybridized carbons (Fsp3) is 0.200. The van der Waals surface area contributed by atoms with Gasteiger partial charge in [0.25, 0.3) is 5.91 Å². The van der Waals surface area contributed by atoms with E-state index in [9.17, 15) is 9.18 Å². The molecule has 0 fully saturated rings. The van der Waals surface area contributed by atoms with Crippen LogP contribution in [0.4, 0.5) is 15.8 Å². The van der Waals surface area contributed by atoms with Crippen molar-refractivity contribution in [2.45, 2.75) is 13.3 Å². The Hall–Kier alpha value is -2.14. The Morgan fingerprint density at radius 3 is 2.67 bits per heavy atom. The maximum Gasteiger partial charge on any atom is 0.269 e. The zero-order chi connectivity index (χ0) is 15.2. The lowest BCUT2D eigenvalue weighted by atomic mass is 10.2. The molecule has 0 radical (unpaired) electrons. The maximum atomic E-state index is 13.1. The van der Waals surface area contributed by atoms with E-state index in [1.54, 1.807) is 18.2 Å². The molecular weight excluding hydrogens is 293 g/mol. The van der Waals surface area contributed by atoms with Crippen LogP contribution in [0.5, 0.6) is 0 Å². The van der Waals surface area contributed by atoms with Gasteiger partial charge in [0.2, 0.25) is 0 Å². The topological polar surface area (TPSA) is 54.0 Å². The third-order valence-corrected chi connectivity index (χ3v) is 3.03. The number of pyridine rings is 1. The van der Waals surface area contributed by atoms with Crippen molar-refractivity contribution in [2.75, 3.05) is 11.9 Å². The summed E-state index contributed by atoms with van der Waals surface area (Å²) in [5.74, 6) is -0.670. The van der Waals surface area contributed by atoms with Gasteiger partial charge in [-0.2, -0.15) is 0 Å². The molecule has 0 saturated heterocycles. The van der Waals surface area contributed by atoms with E-state index in [0.717, 1.165) is 6.42 Å². The van der Waals surface area contributed by atoms with Crippen LogP contribution >= 0.6 is 11.6 Å². The van der Waals surface area contributed by atoms with Crippen molar-refractivity contribution in [3.8, 4) is 0 Å². The first-order chi connectivity index (χ1) is 10.1. The molecule has 2 N–H and O–H groups in total. The van der Waals surface area contributed by atoms with Crippen LogP contribution in [0.15, 0.2) is 36.5 Å². The number of anilines is 2. The van der Waals surface area contributed by atoms with Gasteiger partial charge in [-0.1, -0.05) is 18.5 Å². The first-order valence-electron chi connectivity index (χ1n) is 6.56. The van der Waals surface area contributed by atoms with Crippen LogP contribution in [-0.4, -0.2) is 17.4 Å². The van der Waals surface area contributed by atoms with Gasteiger partial charge < -0.3 is 10.6 Å². The van der Waals surface area contributed by atoms with E-state index in [2.05, 4.69) is 15.6 Å². The van der Waals surface area contributed by atoms with Gasteiger partial charge in [0.1, 0.15) is 11.5 Å². The first-order valence-corrected chi connectivity index (χ1v) is 6.94. The molecule has 0 bridgehead atoms. The molecule has 0 aliphatic carbocycles. The summed E-state index contributed by atoms with van der Waals surface area (Å²) in [4.78, 5) is 15.8. The number of hydrogen-bond donors (Lipinski definition) is 2. The van der Waals surface area contributed by atoms with Crippen molar-refractivity contribution in [1.29, 1.82) is 0 Å². The minimum atomic E-state index is -0.469. The van der Waals surface area contributed by atoms with Gasteiger partial charge in [0.15, 0.2) is 0 Å². The van der Waals surface area contributed by atoms with E-state index in [4.69, 9.17) is 11.6 Å². The van der Waals surface area contributed by atoms with Gasteiger partial charge >= 0.3 is 0 Å². The van der Waals surface area contributed by atoms with Crippen LogP contribution in [0.25, 0.3) is 0 Å². The van der Waals surface area contributed by atoms with Crippen LogP contribution in [0.1, 0.15) is 23.8 Å². The van der Waals surface area contributed by atoms with Crippen molar-refractivity contribution in [2.24, 2.45) is 0 Å². The predicted octanol–water partition coefficient (Wildman–Crippen LogP) is 3.76. The molecule has 0 aliphatic rings. The number of carbonyl (C=O) groups is 1. The third-order valence-electron chi connectivity index (χ3n) is 2.74. The third kappa shape index (κ3) is 4.16. The SMILES string of the molecule is CCCNC(=O)c1ccc(Nc2ccc(F)c(Cl)c2)cn1. The monoisotopic (exact) mass is 307 g/mol. The van der Waals surface area contributed by atoms with E-state index in [1.165, 1.54) is 18.3 Å². The molecule has 1 aromatic carbocycles. The minimum absolute atomic E-state index is 0.0449. The standard InChI is InChI=1S/C15H15ClFN3O/c1-2-7-18-15(21)14-6-4-11(9-19-14)20-10-3-5-13(17)12(16)8-10/h3-6,8-9,20H,2,7H2,1H3,(H,18,21). The quantitative estimate of drug-likeness (QED) is 0.884. The molecule has 1 heterocycles. The molecule has 0 unspecified atom stereocenters. The van der Waals surface area contributed by atoms with Crippen molar-refractivity contribution in [3.63, 3.8) is 0 Å². The highest BCUT2D eigenvalue weighted by Gasteiger charge is 2.06. The summed E-state index contributed by atoms with van der Waals surface area (Å²) < 4.78 is 13.1. The Bertz CT molecular complexity index is 631. The van der Waals surface area contributed by atoms with Gasteiger partial charge in [-0.05, 0) is 36.8 Å². The molecular formula is C15H15ClFN3O. The zero-order valence-corrected chi connectivity index (χ0v) is 12.2. The van der Waals surface area contributed by atoms with E-state index in [0.29, 0.717) is 23.6 Å². The Balaban J connectivity index is 2.05. The van der Waals surface area contributed by atoms with Gasteiger partial charge in [-0.15, -0.1) is 0 Å². The fourth-order valence-corrected chi connectivity index (χ4v) is 1.85.